The maximum atomic E-state index is 11.6. The van der Waals surface area contributed by atoms with Gasteiger partial charge in [0.05, 0.1) is 0 Å². The molecule has 0 aromatic rings. The SMILES string of the molecule is C/C(C(=O)O)=C(/C)C(=O)NC1CCSC1. The van der Waals surface area contributed by atoms with Crippen LogP contribution in [-0.2, 0) is 9.59 Å². The second-order valence-corrected chi connectivity index (χ2v) is 4.74. The molecule has 5 heteroatoms. The van der Waals surface area contributed by atoms with E-state index >= 15 is 0 Å². The molecule has 1 atom stereocenters. The van der Waals surface area contributed by atoms with Gasteiger partial charge in [0.25, 0.3) is 0 Å². The number of rotatable bonds is 3. The molecule has 1 rings (SSSR count). The Kier molecular flexibility index (Phi) is 4.20. The molecule has 84 valence electrons. The predicted molar refractivity (Wildman–Crippen MR) is 59.9 cm³/mol. The van der Waals surface area contributed by atoms with Crippen LogP contribution in [0, 0.1) is 0 Å². The van der Waals surface area contributed by atoms with Crippen LogP contribution in [0.4, 0.5) is 0 Å². The third-order valence-electron chi connectivity index (χ3n) is 2.49. The van der Waals surface area contributed by atoms with Crippen LogP contribution in [0.5, 0.6) is 0 Å². The van der Waals surface area contributed by atoms with Gasteiger partial charge >= 0.3 is 5.97 Å². The van der Waals surface area contributed by atoms with Gasteiger partial charge in [0, 0.05) is 22.9 Å². The molecule has 15 heavy (non-hydrogen) atoms. The summed E-state index contributed by atoms with van der Waals surface area (Å²) in [5.74, 6) is 0.683. The highest BCUT2D eigenvalue weighted by atomic mass is 32.2. The lowest BCUT2D eigenvalue weighted by Crippen LogP contribution is -2.35. The Labute approximate surface area is 93.1 Å². The van der Waals surface area contributed by atoms with Crippen molar-refractivity contribution in [2.45, 2.75) is 26.3 Å². The first-order valence-electron chi connectivity index (χ1n) is 4.81. The van der Waals surface area contributed by atoms with Crippen LogP contribution >= 0.6 is 11.8 Å². The fourth-order valence-electron chi connectivity index (χ4n) is 1.27. The van der Waals surface area contributed by atoms with E-state index in [2.05, 4.69) is 5.32 Å². The smallest absolute Gasteiger partial charge is 0.331 e. The van der Waals surface area contributed by atoms with Gasteiger partial charge in [0.1, 0.15) is 0 Å². The summed E-state index contributed by atoms with van der Waals surface area (Å²) in [6.07, 6.45) is 0.968. The van der Waals surface area contributed by atoms with E-state index in [0.29, 0.717) is 5.57 Å². The molecule has 1 amide bonds. The van der Waals surface area contributed by atoms with Crippen LogP contribution in [0.3, 0.4) is 0 Å². The number of carboxylic acid groups (broad SMARTS) is 1. The summed E-state index contributed by atoms with van der Waals surface area (Å²) in [7, 11) is 0. The number of thioether (sulfide) groups is 1. The minimum atomic E-state index is -1.04. The number of amides is 1. The van der Waals surface area contributed by atoms with Crippen molar-refractivity contribution in [1.29, 1.82) is 0 Å². The van der Waals surface area contributed by atoms with Crippen LogP contribution in [0.25, 0.3) is 0 Å². The van der Waals surface area contributed by atoms with Gasteiger partial charge in [-0.25, -0.2) is 4.79 Å². The van der Waals surface area contributed by atoms with Gasteiger partial charge in [0.2, 0.25) is 5.91 Å². The van der Waals surface area contributed by atoms with Crippen LogP contribution in [-0.4, -0.2) is 34.5 Å². The summed E-state index contributed by atoms with van der Waals surface area (Å²) < 4.78 is 0. The van der Waals surface area contributed by atoms with Crippen LogP contribution in [0.15, 0.2) is 11.1 Å². The summed E-state index contributed by atoms with van der Waals surface area (Å²) >= 11 is 1.80. The molecule has 1 saturated heterocycles. The lowest BCUT2D eigenvalue weighted by atomic mass is 10.1. The standard InChI is InChI=1S/C10H15NO3S/c1-6(7(2)10(13)14)9(12)11-8-3-4-15-5-8/h8H,3-5H2,1-2H3,(H,11,12)(H,13,14)/b7-6+. The molecular weight excluding hydrogens is 214 g/mol. The number of nitrogens with one attached hydrogen (secondary N) is 1. The van der Waals surface area contributed by atoms with Crippen molar-refractivity contribution in [3.8, 4) is 0 Å². The molecule has 1 aliphatic heterocycles. The number of aliphatic carboxylic acids is 1. The molecule has 0 aliphatic carbocycles. The van der Waals surface area contributed by atoms with E-state index in [9.17, 15) is 9.59 Å². The average Bonchev–Trinajstić information content (AvgIpc) is 2.67. The Bertz CT molecular complexity index is 306. The monoisotopic (exact) mass is 229 g/mol. The molecule has 0 spiro atoms. The van der Waals surface area contributed by atoms with Crippen molar-refractivity contribution < 1.29 is 14.7 Å². The average molecular weight is 229 g/mol. The molecule has 0 radical (unpaired) electrons. The summed E-state index contributed by atoms with van der Waals surface area (Å²) in [6.45, 7) is 2.99. The van der Waals surface area contributed by atoms with Crippen molar-refractivity contribution >= 4 is 23.6 Å². The first kappa shape index (κ1) is 12.1. The molecule has 2 N–H and O–H groups in total. The number of carbonyl (C=O) groups is 2. The Hall–Kier alpha value is -0.970. The molecule has 0 saturated carbocycles. The minimum absolute atomic E-state index is 0.109. The van der Waals surface area contributed by atoms with Crippen LogP contribution in [0.2, 0.25) is 0 Å². The van der Waals surface area contributed by atoms with E-state index in [-0.39, 0.29) is 17.5 Å². The predicted octanol–water partition coefficient (Wildman–Crippen LogP) is 1.03. The van der Waals surface area contributed by atoms with E-state index in [1.807, 2.05) is 0 Å². The van der Waals surface area contributed by atoms with E-state index in [1.54, 1.807) is 18.7 Å². The third-order valence-corrected chi connectivity index (χ3v) is 3.65. The number of hydrogen-bond acceptors (Lipinski definition) is 3. The molecule has 1 unspecified atom stereocenters. The fraction of sp³-hybridized carbons (Fsp3) is 0.600. The number of hydrogen-bond donors (Lipinski definition) is 2. The maximum absolute atomic E-state index is 11.6. The molecule has 4 nitrogen and oxygen atoms in total. The summed E-state index contributed by atoms with van der Waals surface area (Å²) in [5, 5.41) is 11.6. The normalized spacial score (nSPS) is 22.1. The van der Waals surface area contributed by atoms with Gasteiger partial charge in [0.15, 0.2) is 0 Å². The Morgan fingerprint density at radius 3 is 2.47 bits per heavy atom. The van der Waals surface area contributed by atoms with Crippen molar-refractivity contribution in [2.75, 3.05) is 11.5 Å². The first-order chi connectivity index (χ1) is 7.02. The van der Waals surface area contributed by atoms with E-state index in [0.717, 1.165) is 17.9 Å². The molecular formula is C10H15NO3S. The third kappa shape index (κ3) is 3.27. The maximum Gasteiger partial charge on any atom is 0.331 e. The Morgan fingerprint density at radius 2 is 2.00 bits per heavy atom. The zero-order valence-electron chi connectivity index (χ0n) is 8.87. The second-order valence-electron chi connectivity index (χ2n) is 3.59. The summed E-state index contributed by atoms with van der Waals surface area (Å²) in [5.41, 5.74) is 0.401. The largest absolute Gasteiger partial charge is 0.478 e. The highest BCUT2D eigenvalue weighted by Gasteiger charge is 2.19. The van der Waals surface area contributed by atoms with Gasteiger partial charge in [-0.15, -0.1) is 0 Å². The Morgan fingerprint density at radius 1 is 1.33 bits per heavy atom. The van der Waals surface area contributed by atoms with Crippen molar-refractivity contribution in [1.82, 2.24) is 5.32 Å². The zero-order valence-corrected chi connectivity index (χ0v) is 9.69. The lowest BCUT2D eigenvalue weighted by molar-refractivity contribution is -0.133. The lowest BCUT2D eigenvalue weighted by Gasteiger charge is -2.12. The van der Waals surface area contributed by atoms with Gasteiger partial charge in [-0.3, -0.25) is 4.79 Å². The highest BCUT2D eigenvalue weighted by molar-refractivity contribution is 7.99. The Balaban J connectivity index is 2.59. The molecule has 1 fully saturated rings. The van der Waals surface area contributed by atoms with Gasteiger partial charge in [-0.05, 0) is 26.0 Å². The first-order valence-corrected chi connectivity index (χ1v) is 5.97. The second kappa shape index (κ2) is 5.21. The number of carboxylic acids is 1. The summed E-state index contributed by atoms with van der Waals surface area (Å²) in [6, 6.07) is 0.194. The molecule has 1 heterocycles. The van der Waals surface area contributed by atoms with E-state index in [1.165, 1.54) is 6.92 Å². The van der Waals surface area contributed by atoms with Gasteiger partial charge < -0.3 is 10.4 Å². The highest BCUT2D eigenvalue weighted by Crippen LogP contribution is 2.17. The van der Waals surface area contributed by atoms with Crippen molar-refractivity contribution in [3.63, 3.8) is 0 Å². The van der Waals surface area contributed by atoms with Crippen LogP contribution in [0.1, 0.15) is 20.3 Å². The van der Waals surface area contributed by atoms with Gasteiger partial charge in [-0.1, -0.05) is 0 Å². The molecule has 1 aliphatic rings. The quantitative estimate of drug-likeness (QED) is 0.709. The fourth-order valence-corrected chi connectivity index (χ4v) is 2.43. The molecule has 0 aromatic heterocycles. The molecule has 0 aromatic carbocycles. The van der Waals surface area contributed by atoms with Crippen molar-refractivity contribution in [3.05, 3.63) is 11.1 Å². The minimum Gasteiger partial charge on any atom is -0.478 e. The molecule has 0 bridgehead atoms. The zero-order chi connectivity index (χ0) is 11.4. The van der Waals surface area contributed by atoms with E-state index in [4.69, 9.17) is 5.11 Å². The van der Waals surface area contributed by atoms with E-state index < -0.39 is 5.97 Å². The van der Waals surface area contributed by atoms with Crippen LogP contribution < -0.4 is 5.32 Å². The van der Waals surface area contributed by atoms with Gasteiger partial charge in [-0.2, -0.15) is 11.8 Å². The van der Waals surface area contributed by atoms with Crippen molar-refractivity contribution in [2.24, 2.45) is 0 Å². The number of carbonyl (C=O) groups excluding carboxylic acids is 1. The summed E-state index contributed by atoms with van der Waals surface area (Å²) in [4.78, 5) is 22.2. The topological polar surface area (TPSA) is 66.4 Å².